The number of nitrogens with zero attached hydrogens (tertiary/aromatic N) is 1. The van der Waals surface area contributed by atoms with E-state index in [1.54, 1.807) is 0 Å². The van der Waals surface area contributed by atoms with Gasteiger partial charge in [0.1, 0.15) is 0 Å². The smallest absolute Gasteiger partial charge is 0.247 e. The lowest BCUT2D eigenvalue weighted by Crippen LogP contribution is -2.22. The molecular formula is C9H12ClN3O5S2. The fourth-order valence-electron chi connectivity index (χ4n) is 1.30. The number of nitrogens with one attached hydrogen (secondary N) is 1. The fraction of sp³-hybridized carbons (Fsp3) is 0.222. The summed E-state index contributed by atoms with van der Waals surface area (Å²) in [4.78, 5) is 0. The maximum Gasteiger partial charge on any atom is 0.247 e. The standard InChI is InChI=1S/C9H12ClN3O5S2/c1-19(15,16)5-20(17,18)13-8-4-6(9(11)12-14)2-3-7(8)10/h2-4,13-14H,5H2,1H3,(H2,11,12). The van der Waals surface area contributed by atoms with Gasteiger partial charge in [-0.1, -0.05) is 16.8 Å². The van der Waals surface area contributed by atoms with E-state index in [1.165, 1.54) is 18.2 Å². The molecule has 4 N–H and O–H groups in total. The first-order valence-corrected chi connectivity index (χ1v) is 9.09. The molecule has 1 aromatic carbocycles. The maximum absolute atomic E-state index is 11.7. The molecule has 0 fully saturated rings. The Kier molecular flexibility index (Phi) is 4.84. The summed E-state index contributed by atoms with van der Waals surface area (Å²) in [5.74, 6) is -0.245. The van der Waals surface area contributed by atoms with Crippen LogP contribution in [0.15, 0.2) is 23.4 Å². The van der Waals surface area contributed by atoms with E-state index in [1.807, 2.05) is 4.72 Å². The molecule has 0 aliphatic carbocycles. The number of anilines is 1. The minimum Gasteiger partial charge on any atom is -0.409 e. The van der Waals surface area contributed by atoms with Crippen LogP contribution in [0, 0.1) is 0 Å². The Morgan fingerprint density at radius 1 is 1.40 bits per heavy atom. The lowest BCUT2D eigenvalue weighted by molar-refractivity contribution is 0.318. The van der Waals surface area contributed by atoms with Crippen LogP contribution in [-0.2, 0) is 19.9 Å². The number of sulfonamides is 1. The molecule has 0 atom stereocenters. The third kappa shape index (κ3) is 4.87. The molecule has 0 bridgehead atoms. The first-order valence-electron chi connectivity index (χ1n) is 5.00. The Hall–Kier alpha value is -1.52. The van der Waals surface area contributed by atoms with Gasteiger partial charge < -0.3 is 10.9 Å². The van der Waals surface area contributed by atoms with Crippen LogP contribution in [0.5, 0.6) is 0 Å². The summed E-state index contributed by atoms with van der Waals surface area (Å²) in [7, 11) is -7.86. The van der Waals surface area contributed by atoms with Crippen LogP contribution in [0.2, 0.25) is 5.02 Å². The quantitative estimate of drug-likeness (QED) is 0.302. The van der Waals surface area contributed by atoms with Crippen molar-refractivity contribution in [3.63, 3.8) is 0 Å². The van der Waals surface area contributed by atoms with Gasteiger partial charge in [-0.05, 0) is 18.2 Å². The van der Waals surface area contributed by atoms with Crippen LogP contribution in [0.3, 0.4) is 0 Å². The Balaban J connectivity index is 3.15. The minimum absolute atomic E-state index is 0.0385. The lowest BCUT2D eigenvalue weighted by atomic mass is 10.2. The fourth-order valence-corrected chi connectivity index (χ4v) is 4.51. The minimum atomic E-state index is -4.13. The molecular weight excluding hydrogens is 330 g/mol. The Morgan fingerprint density at radius 3 is 2.50 bits per heavy atom. The number of nitrogens with two attached hydrogens (primary N) is 1. The van der Waals surface area contributed by atoms with Crippen molar-refractivity contribution < 1.29 is 22.0 Å². The van der Waals surface area contributed by atoms with Crippen molar-refractivity contribution in [2.75, 3.05) is 16.1 Å². The summed E-state index contributed by atoms with van der Waals surface area (Å²) in [6, 6.07) is 3.95. The second-order valence-corrected chi connectivity index (χ2v) is 8.58. The maximum atomic E-state index is 11.7. The molecule has 8 nitrogen and oxygen atoms in total. The number of hydrogen-bond donors (Lipinski definition) is 3. The van der Waals surface area contributed by atoms with E-state index in [4.69, 9.17) is 22.5 Å². The number of rotatable bonds is 5. The molecule has 0 amide bonds. The van der Waals surface area contributed by atoms with Crippen LogP contribution < -0.4 is 10.5 Å². The number of amidine groups is 1. The third-order valence-electron chi connectivity index (χ3n) is 2.00. The first-order chi connectivity index (χ1) is 9.04. The number of sulfone groups is 1. The van der Waals surface area contributed by atoms with E-state index in [9.17, 15) is 16.8 Å². The van der Waals surface area contributed by atoms with Gasteiger partial charge in [0.2, 0.25) is 10.0 Å². The molecule has 0 aliphatic rings. The molecule has 0 spiro atoms. The van der Waals surface area contributed by atoms with Gasteiger partial charge >= 0.3 is 0 Å². The highest BCUT2D eigenvalue weighted by Crippen LogP contribution is 2.24. The SMILES string of the molecule is CS(=O)(=O)CS(=O)(=O)Nc1cc(/C(N)=N/O)ccc1Cl. The predicted molar refractivity (Wildman–Crippen MR) is 76.2 cm³/mol. The van der Waals surface area contributed by atoms with Gasteiger partial charge in [0.15, 0.2) is 20.8 Å². The van der Waals surface area contributed by atoms with E-state index < -0.39 is 24.9 Å². The molecule has 1 aromatic rings. The van der Waals surface area contributed by atoms with E-state index in [0.29, 0.717) is 0 Å². The highest BCUT2D eigenvalue weighted by Gasteiger charge is 2.19. The molecule has 11 heteroatoms. The van der Waals surface area contributed by atoms with E-state index in [-0.39, 0.29) is 22.1 Å². The second-order valence-electron chi connectivity index (χ2n) is 3.94. The summed E-state index contributed by atoms with van der Waals surface area (Å²) < 4.78 is 47.4. The van der Waals surface area contributed by atoms with Crippen LogP contribution in [0.4, 0.5) is 5.69 Å². The van der Waals surface area contributed by atoms with Crippen molar-refractivity contribution in [1.82, 2.24) is 0 Å². The Bertz CT molecular complexity index is 743. The van der Waals surface area contributed by atoms with Gasteiger partial charge in [-0.25, -0.2) is 16.8 Å². The molecule has 0 saturated carbocycles. The Labute approximate surface area is 121 Å². The van der Waals surface area contributed by atoms with Crippen molar-refractivity contribution in [2.45, 2.75) is 0 Å². The molecule has 20 heavy (non-hydrogen) atoms. The van der Waals surface area contributed by atoms with E-state index in [0.717, 1.165) is 6.26 Å². The average Bonchev–Trinajstić information content (AvgIpc) is 2.27. The average molecular weight is 342 g/mol. The largest absolute Gasteiger partial charge is 0.409 e. The van der Waals surface area contributed by atoms with Gasteiger partial charge in [0, 0.05) is 11.8 Å². The molecule has 0 radical (unpaired) electrons. The van der Waals surface area contributed by atoms with E-state index in [2.05, 4.69) is 5.16 Å². The third-order valence-corrected chi connectivity index (χ3v) is 5.82. The van der Waals surface area contributed by atoms with Crippen molar-refractivity contribution in [3.05, 3.63) is 28.8 Å². The normalized spacial score (nSPS) is 13.2. The van der Waals surface area contributed by atoms with Crippen molar-refractivity contribution >= 4 is 43.0 Å². The molecule has 0 aliphatic heterocycles. The summed E-state index contributed by atoms with van der Waals surface area (Å²) in [5, 5.41) is 10.3. The molecule has 0 saturated heterocycles. The van der Waals surface area contributed by atoms with Crippen molar-refractivity contribution in [1.29, 1.82) is 0 Å². The van der Waals surface area contributed by atoms with Gasteiger partial charge in [0.05, 0.1) is 10.7 Å². The Morgan fingerprint density at radius 2 is 2.00 bits per heavy atom. The van der Waals surface area contributed by atoms with Gasteiger partial charge in [-0.3, -0.25) is 4.72 Å². The molecule has 0 heterocycles. The zero-order chi connectivity index (χ0) is 15.6. The van der Waals surface area contributed by atoms with Crippen molar-refractivity contribution in [2.24, 2.45) is 10.9 Å². The first kappa shape index (κ1) is 16.5. The zero-order valence-electron chi connectivity index (χ0n) is 10.2. The molecule has 112 valence electrons. The zero-order valence-corrected chi connectivity index (χ0v) is 12.6. The van der Waals surface area contributed by atoms with Gasteiger partial charge in [-0.2, -0.15) is 0 Å². The number of benzene rings is 1. The summed E-state index contributed by atoms with van der Waals surface area (Å²) in [6.07, 6.45) is 0.792. The highest BCUT2D eigenvalue weighted by atomic mass is 35.5. The topological polar surface area (TPSA) is 139 Å². The summed E-state index contributed by atoms with van der Waals surface area (Å²) in [6.45, 7) is 0. The summed E-state index contributed by atoms with van der Waals surface area (Å²) in [5.41, 5.74) is 5.51. The van der Waals surface area contributed by atoms with Gasteiger partial charge in [0.25, 0.3) is 0 Å². The van der Waals surface area contributed by atoms with Crippen LogP contribution >= 0.6 is 11.6 Å². The number of halogens is 1. The summed E-state index contributed by atoms with van der Waals surface area (Å²) >= 11 is 5.80. The monoisotopic (exact) mass is 341 g/mol. The molecule has 1 rings (SSSR count). The second kappa shape index (κ2) is 5.85. The lowest BCUT2D eigenvalue weighted by Gasteiger charge is -2.10. The number of hydrogen-bond acceptors (Lipinski definition) is 6. The van der Waals surface area contributed by atoms with Gasteiger partial charge in [-0.15, -0.1) is 0 Å². The van der Waals surface area contributed by atoms with Crippen LogP contribution in [0.1, 0.15) is 5.56 Å². The van der Waals surface area contributed by atoms with E-state index >= 15 is 0 Å². The van der Waals surface area contributed by atoms with Crippen LogP contribution in [-0.4, -0.2) is 39.2 Å². The molecule has 0 unspecified atom stereocenters. The number of oxime groups is 1. The predicted octanol–water partition coefficient (Wildman–Crippen LogP) is 0.178. The van der Waals surface area contributed by atoms with Crippen LogP contribution in [0.25, 0.3) is 0 Å². The molecule has 0 aromatic heterocycles. The highest BCUT2D eigenvalue weighted by molar-refractivity contribution is 8.08. The van der Waals surface area contributed by atoms with Crippen molar-refractivity contribution in [3.8, 4) is 0 Å².